The van der Waals surface area contributed by atoms with Gasteiger partial charge in [-0.15, -0.1) is 0 Å². The Labute approximate surface area is 159 Å². The lowest BCUT2D eigenvalue weighted by molar-refractivity contribution is 0.380. The summed E-state index contributed by atoms with van der Waals surface area (Å²) in [5.74, 6) is 1.67. The molecule has 7 nitrogen and oxygen atoms in total. The van der Waals surface area contributed by atoms with Gasteiger partial charge in [-0.05, 0) is 30.2 Å². The molecule has 0 atom stereocenters. The molecule has 3 aromatic rings. The summed E-state index contributed by atoms with van der Waals surface area (Å²) in [7, 11) is 1.77. The Kier molecular flexibility index (Phi) is 6.25. The number of hydrogen-bond donors (Lipinski definition) is 2. The third-order valence-corrected chi connectivity index (χ3v) is 4.40. The molecule has 0 spiro atoms. The van der Waals surface area contributed by atoms with E-state index in [1.807, 2.05) is 29.1 Å². The summed E-state index contributed by atoms with van der Waals surface area (Å²) in [6.07, 6.45) is 5.39. The maximum atomic E-state index is 5.42. The van der Waals surface area contributed by atoms with Crippen LogP contribution in [0.25, 0.3) is 5.69 Å². The highest BCUT2D eigenvalue weighted by Gasteiger charge is 2.13. The maximum Gasteiger partial charge on any atom is 0.191 e. The average Bonchev–Trinajstić information content (AvgIpc) is 3.38. The van der Waals surface area contributed by atoms with Gasteiger partial charge in [0.25, 0.3) is 0 Å². The molecule has 2 heterocycles. The molecule has 0 aliphatic carbocycles. The molecular weight excluding hydrogens is 340 g/mol. The molecule has 0 radical (unpaired) electrons. The first kappa shape index (κ1) is 18.7. The Morgan fingerprint density at radius 3 is 2.70 bits per heavy atom. The fraction of sp³-hybridized carbons (Fsp3) is 0.350. The number of guanidine groups is 1. The lowest BCUT2D eigenvalue weighted by Gasteiger charge is -2.13. The van der Waals surface area contributed by atoms with Gasteiger partial charge in [0, 0.05) is 44.5 Å². The summed E-state index contributed by atoms with van der Waals surface area (Å²) >= 11 is 0. The van der Waals surface area contributed by atoms with Gasteiger partial charge in [-0.1, -0.05) is 31.1 Å². The number of aryl methyl sites for hydroxylation is 2. The number of benzene rings is 1. The second kappa shape index (κ2) is 9.02. The Morgan fingerprint density at radius 1 is 1.15 bits per heavy atom. The first-order valence-electron chi connectivity index (χ1n) is 9.24. The number of nitrogens with zero attached hydrogens (tertiary/aromatic N) is 4. The van der Waals surface area contributed by atoms with E-state index in [0.717, 1.165) is 47.1 Å². The van der Waals surface area contributed by atoms with E-state index in [1.54, 1.807) is 13.2 Å². The van der Waals surface area contributed by atoms with E-state index in [2.05, 4.69) is 51.9 Å². The summed E-state index contributed by atoms with van der Waals surface area (Å²) in [5, 5.41) is 15.1. The predicted octanol–water partition coefficient (Wildman–Crippen LogP) is 2.85. The Morgan fingerprint density at radius 2 is 2.00 bits per heavy atom. The van der Waals surface area contributed by atoms with Crippen LogP contribution in [0.4, 0.5) is 0 Å². The minimum absolute atomic E-state index is 0.642. The molecule has 0 saturated carbocycles. The molecule has 3 rings (SSSR count). The molecule has 0 fully saturated rings. The van der Waals surface area contributed by atoms with Crippen LogP contribution in [-0.2, 0) is 25.9 Å². The zero-order chi connectivity index (χ0) is 19.1. The molecule has 1 aromatic carbocycles. The van der Waals surface area contributed by atoms with Crippen LogP contribution in [0, 0.1) is 0 Å². The first-order chi connectivity index (χ1) is 13.2. The summed E-state index contributed by atoms with van der Waals surface area (Å²) in [6, 6.07) is 10.2. The van der Waals surface area contributed by atoms with Crippen LogP contribution >= 0.6 is 0 Å². The number of nitrogens with one attached hydrogen (secondary N) is 2. The predicted molar refractivity (Wildman–Crippen MR) is 106 cm³/mol. The second-order valence-corrected chi connectivity index (χ2v) is 6.14. The van der Waals surface area contributed by atoms with Crippen LogP contribution in [0.15, 0.2) is 52.2 Å². The van der Waals surface area contributed by atoms with Gasteiger partial charge in [-0.3, -0.25) is 4.99 Å². The van der Waals surface area contributed by atoms with Crippen LogP contribution in [0.5, 0.6) is 0 Å². The lowest BCUT2D eigenvalue weighted by atomic mass is 10.1. The van der Waals surface area contributed by atoms with Crippen LogP contribution in [-0.4, -0.2) is 27.9 Å². The highest BCUT2D eigenvalue weighted by molar-refractivity contribution is 5.79. The van der Waals surface area contributed by atoms with Crippen molar-refractivity contribution in [2.75, 3.05) is 7.05 Å². The summed E-state index contributed by atoms with van der Waals surface area (Å²) in [4.78, 5) is 4.31. The number of aliphatic imine (C=N–C) groups is 1. The molecule has 0 unspecified atom stereocenters. The molecule has 0 aliphatic heterocycles. The first-order valence-corrected chi connectivity index (χ1v) is 9.24. The van der Waals surface area contributed by atoms with Crippen LogP contribution in [0.2, 0.25) is 0 Å². The molecule has 0 aliphatic rings. The Bertz CT molecular complexity index is 860. The van der Waals surface area contributed by atoms with Crippen molar-refractivity contribution in [1.82, 2.24) is 25.6 Å². The Hall–Kier alpha value is -3.09. The zero-order valence-electron chi connectivity index (χ0n) is 16.1. The minimum Gasteiger partial charge on any atom is -0.361 e. The average molecular weight is 366 g/mol. The maximum absolute atomic E-state index is 5.42. The summed E-state index contributed by atoms with van der Waals surface area (Å²) < 4.78 is 7.27. The van der Waals surface area contributed by atoms with Gasteiger partial charge in [-0.2, -0.15) is 5.10 Å². The van der Waals surface area contributed by atoms with E-state index in [9.17, 15) is 0 Å². The Balaban J connectivity index is 1.60. The van der Waals surface area contributed by atoms with E-state index in [1.165, 1.54) is 0 Å². The van der Waals surface area contributed by atoms with Crippen molar-refractivity contribution in [2.24, 2.45) is 4.99 Å². The van der Waals surface area contributed by atoms with E-state index < -0.39 is 0 Å². The van der Waals surface area contributed by atoms with Gasteiger partial charge in [-0.25, -0.2) is 4.68 Å². The topological polar surface area (TPSA) is 80.3 Å². The summed E-state index contributed by atoms with van der Waals surface area (Å²) in [6.45, 7) is 5.46. The molecule has 2 aromatic heterocycles. The van der Waals surface area contributed by atoms with E-state index in [-0.39, 0.29) is 0 Å². The monoisotopic (exact) mass is 366 g/mol. The number of aromatic nitrogens is 3. The van der Waals surface area contributed by atoms with Crippen LogP contribution in [0.3, 0.4) is 0 Å². The molecule has 0 amide bonds. The van der Waals surface area contributed by atoms with Crippen molar-refractivity contribution in [1.29, 1.82) is 0 Å². The van der Waals surface area contributed by atoms with Gasteiger partial charge in [0.1, 0.15) is 5.76 Å². The van der Waals surface area contributed by atoms with Gasteiger partial charge in [0.2, 0.25) is 0 Å². The zero-order valence-corrected chi connectivity index (χ0v) is 16.1. The number of rotatable bonds is 7. The largest absolute Gasteiger partial charge is 0.361 e. The smallest absolute Gasteiger partial charge is 0.191 e. The van der Waals surface area contributed by atoms with Crippen molar-refractivity contribution >= 4 is 5.96 Å². The molecular formula is C20H26N6O. The highest BCUT2D eigenvalue weighted by Crippen LogP contribution is 2.15. The lowest BCUT2D eigenvalue weighted by Crippen LogP contribution is -2.36. The molecule has 0 bridgehead atoms. The molecule has 7 heteroatoms. The SMILES string of the molecule is CCc1noc(CC)c1CNC(=NC)NCc1cccc(-n2cccn2)c1. The molecule has 142 valence electrons. The van der Waals surface area contributed by atoms with Crippen molar-refractivity contribution in [2.45, 2.75) is 39.8 Å². The van der Waals surface area contributed by atoms with E-state index in [4.69, 9.17) is 4.52 Å². The van der Waals surface area contributed by atoms with Crippen molar-refractivity contribution < 1.29 is 4.52 Å². The van der Waals surface area contributed by atoms with Gasteiger partial charge in [0.15, 0.2) is 5.96 Å². The van der Waals surface area contributed by atoms with Crippen molar-refractivity contribution in [3.63, 3.8) is 0 Å². The molecule has 27 heavy (non-hydrogen) atoms. The van der Waals surface area contributed by atoms with Crippen molar-refractivity contribution in [3.05, 3.63) is 65.3 Å². The standard InChI is InChI=1S/C20H26N6O/c1-4-18-17(19(5-2)27-25-18)14-23-20(21-3)22-13-15-8-6-9-16(12-15)26-11-7-10-24-26/h6-12H,4-5,13-14H2,1-3H3,(H2,21,22,23). The van der Waals surface area contributed by atoms with Crippen LogP contribution < -0.4 is 10.6 Å². The van der Waals surface area contributed by atoms with Gasteiger partial charge in [0.05, 0.1) is 11.4 Å². The fourth-order valence-corrected chi connectivity index (χ4v) is 2.95. The van der Waals surface area contributed by atoms with E-state index in [0.29, 0.717) is 13.1 Å². The highest BCUT2D eigenvalue weighted by atomic mass is 16.5. The minimum atomic E-state index is 0.642. The fourth-order valence-electron chi connectivity index (χ4n) is 2.95. The number of hydrogen-bond acceptors (Lipinski definition) is 4. The molecule has 0 saturated heterocycles. The third-order valence-electron chi connectivity index (χ3n) is 4.40. The van der Waals surface area contributed by atoms with Gasteiger partial charge < -0.3 is 15.2 Å². The van der Waals surface area contributed by atoms with Crippen LogP contribution in [0.1, 0.15) is 36.4 Å². The third kappa shape index (κ3) is 4.55. The second-order valence-electron chi connectivity index (χ2n) is 6.14. The quantitative estimate of drug-likeness (QED) is 0.496. The van der Waals surface area contributed by atoms with Crippen molar-refractivity contribution in [3.8, 4) is 5.69 Å². The van der Waals surface area contributed by atoms with Gasteiger partial charge >= 0.3 is 0 Å². The summed E-state index contributed by atoms with van der Waals surface area (Å²) in [5.41, 5.74) is 4.32. The molecule has 2 N–H and O–H groups in total. The normalized spacial score (nSPS) is 11.6. The van der Waals surface area contributed by atoms with E-state index >= 15 is 0 Å².